The molecule has 1 aromatic rings. The maximum absolute atomic E-state index is 6.20. The second kappa shape index (κ2) is 3.64. The van der Waals surface area contributed by atoms with Crippen molar-refractivity contribution in [2.75, 3.05) is 6.61 Å². The van der Waals surface area contributed by atoms with Gasteiger partial charge in [-0.1, -0.05) is 17.7 Å². The van der Waals surface area contributed by atoms with Gasteiger partial charge >= 0.3 is 0 Å². The summed E-state index contributed by atoms with van der Waals surface area (Å²) in [4.78, 5) is 0. The molecule has 1 unspecified atom stereocenters. The van der Waals surface area contributed by atoms with E-state index in [2.05, 4.69) is 6.07 Å². The molecule has 1 aliphatic carbocycles. The predicted octanol–water partition coefficient (Wildman–Crippen LogP) is 3.09. The first-order valence-corrected chi connectivity index (χ1v) is 6.25. The maximum Gasteiger partial charge on any atom is 0.124 e. The zero-order valence-corrected chi connectivity index (χ0v) is 9.96. The van der Waals surface area contributed by atoms with Gasteiger partial charge in [-0.05, 0) is 49.3 Å². The number of hydrogen-bond donors (Lipinski definition) is 1. The highest BCUT2D eigenvalue weighted by Crippen LogP contribution is 2.45. The SMILES string of the molecule is NC1(CC2CCOc3cc(Cl)ccc32)CC1. The number of halogens is 1. The van der Waals surface area contributed by atoms with Crippen LogP contribution in [0.25, 0.3) is 0 Å². The van der Waals surface area contributed by atoms with Gasteiger partial charge in [0.25, 0.3) is 0 Å². The molecule has 1 fully saturated rings. The first-order chi connectivity index (χ1) is 7.66. The van der Waals surface area contributed by atoms with Crippen molar-refractivity contribution in [1.29, 1.82) is 0 Å². The number of benzene rings is 1. The number of fused-ring (bicyclic) bond motifs is 1. The Morgan fingerprint density at radius 1 is 1.44 bits per heavy atom. The van der Waals surface area contributed by atoms with Crippen molar-refractivity contribution in [1.82, 2.24) is 0 Å². The van der Waals surface area contributed by atoms with Crippen LogP contribution in [0.2, 0.25) is 5.02 Å². The monoisotopic (exact) mass is 237 g/mol. The molecule has 1 heterocycles. The Labute approximate surface area is 101 Å². The van der Waals surface area contributed by atoms with Crippen LogP contribution in [0, 0.1) is 0 Å². The zero-order valence-electron chi connectivity index (χ0n) is 9.21. The molecule has 16 heavy (non-hydrogen) atoms. The molecule has 0 aromatic heterocycles. The van der Waals surface area contributed by atoms with Gasteiger partial charge in [0.05, 0.1) is 6.61 Å². The van der Waals surface area contributed by atoms with E-state index in [0.717, 1.165) is 30.2 Å². The minimum absolute atomic E-state index is 0.110. The molecule has 0 bridgehead atoms. The van der Waals surface area contributed by atoms with E-state index >= 15 is 0 Å². The molecule has 2 aliphatic rings. The number of rotatable bonds is 2. The predicted molar refractivity (Wildman–Crippen MR) is 65.1 cm³/mol. The van der Waals surface area contributed by atoms with Crippen molar-refractivity contribution in [3.05, 3.63) is 28.8 Å². The Kier molecular flexibility index (Phi) is 2.37. The van der Waals surface area contributed by atoms with Crippen molar-refractivity contribution in [2.24, 2.45) is 5.73 Å². The summed E-state index contributed by atoms with van der Waals surface area (Å²) in [5, 5.41) is 0.744. The van der Waals surface area contributed by atoms with E-state index in [-0.39, 0.29) is 5.54 Å². The summed E-state index contributed by atoms with van der Waals surface area (Å²) >= 11 is 5.97. The molecule has 86 valence electrons. The van der Waals surface area contributed by atoms with Gasteiger partial charge in [0.2, 0.25) is 0 Å². The van der Waals surface area contributed by atoms with Gasteiger partial charge in [0.15, 0.2) is 0 Å². The highest BCUT2D eigenvalue weighted by atomic mass is 35.5. The van der Waals surface area contributed by atoms with Crippen molar-refractivity contribution in [2.45, 2.75) is 37.1 Å². The minimum Gasteiger partial charge on any atom is -0.493 e. The zero-order chi connectivity index (χ0) is 11.2. The van der Waals surface area contributed by atoms with E-state index in [0.29, 0.717) is 5.92 Å². The third kappa shape index (κ3) is 1.92. The van der Waals surface area contributed by atoms with Crippen LogP contribution in [0.15, 0.2) is 18.2 Å². The lowest BCUT2D eigenvalue weighted by atomic mass is 9.87. The lowest BCUT2D eigenvalue weighted by Crippen LogP contribution is -2.27. The van der Waals surface area contributed by atoms with Crippen LogP contribution in [0.5, 0.6) is 5.75 Å². The second-order valence-corrected chi connectivity index (χ2v) is 5.52. The van der Waals surface area contributed by atoms with Crippen LogP contribution in [0.4, 0.5) is 0 Å². The molecule has 2 nitrogen and oxygen atoms in total. The van der Waals surface area contributed by atoms with E-state index in [9.17, 15) is 0 Å². The number of ether oxygens (including phenoxy) is 1. The molecule has 1 aliphatic heterocycles. The van der Waals surface area contributed by atoms with Gasteiger partial charge in [-0.3, -0.25) is 0 Å². The third-order valence-electron chi connectivity index (χ3n) is 3.68. The lowest BCUT2D eigenvalue weighted by molar-refractivity contribution is 0.257. The summed E-state index contributed by atoms with van der Waals surface area (Å²) in [6, 6.07) is 5.95. The average Bonchev–Trinajstić information content (AvgIpc) is 2.96. The highest BCUT2D eigenvalue weighted by Gasteiger charge is 2.41. The normalized spacial score (nSPS) is 25.8. The summed E-state index contributed by atoms with van der Waals surface area (Å²) in [6.45, 7) is 0.786. The quantitative estimate of drug-likeness (QED) is 0.858. The molecule has 0 spiro atoms. The third-order valence-corrected chi connectivity index (χ3v) is 3.92. The van der Waals surface area contributed by atoms with Gasteiger partial charge in [-0.15, -0.1) is 0 Å². The fraction of sp³-hybridized carbons (Fsp3) is 0.538. The van der Waals surface area contributed by atoms with Crippen molar-refractivity contribution in [3.63, 3.8) is 0 Å². The van der Waals surface area contributed by atoms with Gasteiger partial charge in [-0.25, -0.2) is 0 Å². The Morgan fingerprint density at radius 2 is 2.25 bits per heavy atom. The largest absolute Gasteiger partial charge is 0.493 e. The molecule has 0 saturated heterocycles. The summed E-state index contributed by atoms with van der Waals surface area (Å²) in [5.41, 5.74) is 7.59. The Bertz CT molecular complexity index is 414. The molecule has 0 amide bonds. The van der Waals surface area contributed by atoms with E-state index in [1.54, 1.807) is 0 Å². The van der Waals surface area contributed by atoms with Gasteiger partial charge in [0.1, 0.15) is 5.75 Å². The molecular formula is C13H16ClNO. The van der Waals surface area contributed by atoms with Gasteiger partial charge < -0.3 is 10.5 Å². The van der Waals surface area contributed by atoms with E-state index in [4.69, 9.17) is 22.1 Å². The van der Waals surface area contributed by atoms with Crippen LogP contribution in [-0.4, -0.2) is 12.1 Å². The van der Waals surface area contributed by atoms with Crippen LogP contribution >= 0.6 is 11.6 Å². The lowest BCUT2D eigenvalue weighted by Gasteiger charge is -2.28. The average molecular weight is 238 g/mol. The Balaban J connectivity index is 1.87. The molecular weight excluding hydrogens is 222 g/mol. The second-order valence-electron chi connectivity index (χ2n) is 5.08. The van der Waals surface area contributed by atoms with Crippen LogP contribution in [0.1, 0.15) is 37.2 Å². The smallest absolute Gasteiger partial charge is 0.124 e. The summed E-state index contributed by atoms with van der Waals surface area (Å²) in [6.07, 6.45) is 4.51. The Morgan fingerprint density at radius 3 is 3.00 bits per heavy atom. The van der Waals surface area contributed by atoms with Crippen molar-refractivity contribution >= 4 is 11.6 Å². The molecule has 3 rings (SSSR count). The number of nitrogens with two attached hydrogens (primary N) is 1. The summed E-state index contributed by atoms with van der Waals surface area (Å²) in [5.74, 6) is 1.50. The summed E-state index contributed by atoms with van der Waals surface area (Å²) in [7, 11) is 0. The van der Waals surface area contributed by atoms with Gasteiger partial charge in [-0.2, -0.15) is 0 Å². The van der Waals surface area contributed by atoms with Gasteiger partial charge in [0, 0.05) is 10.6 Å². The first-order valence-electron chi connectivity index (χ1n) is 5.87. The van der Waals surface area contributed by atoms with Crippen LogP contribution in [0.3, 0.4) is 0 Å². The standard InChI is InChI=1S/C13H16ClNO/c14-10-1-2-11-9(8-13(15)4-5-13)3-6-16-12(11)7-10/h1-2,7,9H,3-6,8,15H2. The fourth-order valence-electron chi connectivity index (χ4n) is 2.50. The molecule has 0 radical (unpaired) electrons. The molecule has 3 heteroatoms. The fourth-order valence-corrected chi connectivity index (χ4v) is 2.67. The van der Waals surface area contributed by atoms with Crippen molar-refractivity contribution in [3.8, 4) is 5.75 Å². The van der Waals surface area contributed by atoms with E-state index < -0.39 is 0 Å². The molecule has 1 atom stereocenters. The first kappa shape index (κ1) is 10.4. The summed E-state index contributed by atoms with van der Waals surface area (Å²) < 4.78 is 5.64. The van der Waals surface area contributed by atoms with Crippen molar-refractivity contribution < 1.29 is 4.74 Å². The molecule has 1 saturated carbocycles. The van der Waals surface area contributed by atoms with Crippen LogP contribution in [-0.2, 0) is 0 Å². The van der Waals surface area contributed by atoms with E-state index in [1.807, 2.05) is 12.1 Å². The number of hydrogen-bond acceptors (Lipinski definition) is 2. The maximum atomic E-state index is 6.20. The molecule has 1 aromatic carbocycles. The Hall–Kier alpha value is -0.730. The topological polar surface area (TPSA) is 35.2 Å². The molecule has 2 N–H and O–H groups in total. The highest BCUT2D eigenvalue weighted by molar-refractivity contribution is 6.30. The minimum atomic E-state index is 0.110. The van der Waals surface area contributed by atoms with E-state index in [1.165, 1.54) is 18.4 Å². The van der Waals surface area contributed by atoms with Crippen LogP contribution < -0.4 is 10.5 Å².